The third-order valence-corrected chi connectivity index (χ3v) is 3.66. The van der Waals surface area contributed by atoms with Gasteiger partial charge in [0, 0.05) is 50.7 Å². The van der Waals surface area contributed by atoms with Crippen LogP contribution in [0.1, 0.15) is 24.1 Å². The molecule has 1 aliphatic rings. The summed E-state index contributed by atoms with van der Waals surface area (Å²) in [7, 11) is 4.05. The second kappa shape index (κ2) is 6.36. The number of nitrogens with one attached hydrogen (secondary N) is 1. The zero-order valence-corrected chi connectivity index (χ0v) is 12.7. The summed E-state index contributed by atoms with van der Waals surface area (Å²) in [5, 5.41) is 16.0. The highest BCUT2D eigenvalue weighted by Gasteiger charge is 2.20. The number of likely N-dealkylation sites (N-methyl/N-ethyl adjacent to an activating group) is 1. The molecule has 1 aliphatic carbocycles. The number of nitrogens with zero attached hydrogens (tertiary/aromatic N) is 6. The first-order valence-corrected chi connectivity index (χ1v) is 7.47. The smallest absolute Gasteiger partial charge is 0.0964 e. The van der Waals surface area contributed by atoms with Crippen LogP contribution in [-0.4, -0.2) is 49.3 Å². The molecule has 2 aromatic rings. The summed E-state index contributed by atoms with van der Waals surface area (Å²) in [5.41, 5.74) is 2.25. The summed E-state index contributed by atoms with van der Waals surface area (Å²) >= 11 is 0. The Morgan fingerprint density at radius 2 is 2.24 bits per heavy atom. The van der Waals surface area contributed by atoms with Crippen LogP contribution in [0.3, 0.4) is 0 Å². The van der Waals surface area contributed by atoms with Crippen LogP contribution in [0.5, 0.6) is 0 Å². The highest BCUT2D eigenvalue weighted by atomic mass is 15.4. The quantitative estimate of drug-likeness (QED) is 0.762. The fraction of sp³-hybridized carbons (Fsp3) is 0.643. The van der Waals surface area contributed by atoms with E-state index in [9.17, 15) is 0 Å². The van der Waals surface area contributed by atoms with Gasteiger partial charge in [-0.05, 0) is 19.9 Å². The number of rotatable bonds is 8. The molecule has 2 heterocycles. The average molecular weight is 289 g/mol. The van der Waals surface area contributed by atoms with E-state index in [1.54, 1.807) is 0 Å². The maximum atomic E-state index is 4.20. The van der Waals surface area contributed by atoms with Crippen molar-refractivity contribution in [2.24, 2.45) is 7.05 Å². The zero-order chi connectivity index (χ0) is 14.7. The van der Waals surface area contributed by atoms with Gasteiger partial charge in [-0.1, -0.05) is 5.21 Å². The molecule has 1 saturated carbocycles. The standard InChI is InChI=1S/C14H23N7/c1-19(9-12-7-16-20(2)10-12)5-6-21-11-14(17-18-21)8-15-13-3-4-13/h7,10-11,13,15H,3-6,8-9H2,1-2H3. The van der Waals surface area contributed by atoms with E-state index in [0.29, 0.717) is 6.04 Å². The van der Waals surface area contributed by atoms with Crippen LogP contribution in [0.15, 0.2) is 18.6 Å². The van der Waals surface area contributed by atoms with Crippen LogP contribution >= 0.6 is 0 Å². The fourth-order valence-corrected chi connectivity index (χ4v) is 2.28. The molecule has 3 rings (SSSR count). The van der Waals surface area contributed by atoms with Gasteiger partial charge >= 0.3 is 0 Å². The number of hydrogen-bond donors (Lipinski definition) is 1. The first-order valence-electron chi connectivity index (χ1n) is 7.47. The Morgan fingerprint density at radius 1 is 1.38 bits per heavy atom. The van der Waals surface area contributed by atoms with E-state index in [4.69, 9.17) is 0 Å². The maximum absolute atomic E-state index is 4.20. The van der Waals surface area contributed by atoms with Crippen LogP contribution in [0.4, 0.5) is 0 Å². The molecule has 114 valence electrons. The monoisotopic (exact) mass is 289 g/mol. The van der Waals surface area contributed by atoms with Crippen LogP contribution in [0.2, 0.25) is 0 Å². The van der Waals surface area contributed by atoms with Crippen molar-refractivity contribution in [2.45, 2.75) is 38.5 Å². The highest BCUT2D eigenvalue weighted by molar-refractivity contribution is 5.02. The molecule has 21 heavy (non-hydrogen) atoms. The summed E-state index contributed by atoms with van der Waals surface area (Å²) in [6, 6.07) is 0.709. The lowest BCUT2D eigenvalue weighted by Crippen LogP contribution is -2.23. The summed E-state index contributed by atoms with van der Waals surface area (Å²) in [6.07, 6.45) is 8.59. The Morgan fingerprint density at radius 3 is 2.95 bits per heavy atom. The molecule has 0 unspecified atom stereocenters. The molecule has 0 aliphatic heterocycles. The van der Waals surface area contributed by atoms with E-state index >= 15 is 0 Å². The Labute approximate surface area is 124 Å². The van der Waals surface area contributed by atoms with Crippen molar-refractivity contribution in [1.29, 1.82) is 0 Å². The number of hydrogen-bond acceptors (Lipinski definition) is 5. The van der Waals surface area contributed by atoms with E-state index in [1.807, 2.05) is 35.0 Å². The second-order valence-electron chi connectivity index (χ2n) is 5.89. The van der Waals surface area contributed by atoms with Crippen LogP contribution in [-0.2, 0) is 26.7 Å². The molecule has 2 aromatic heterocycles. The van der Waals surface area contributed by atoms with Gasteiger partial charge in [-0.25, -0.2) is 0 Å². The molecular formula is C14H23N7. The van der Waals surface area contributed by atoms with Gasteiger partial charge in [0.2, 0.25) is 0 Å². The first kappa shape index (κ1) is 14.2. The van der Waals surface area contributed by atoms with Gasteiger partial charge in [-0.15, -0.1) is 5.10 Å². The second-order valence-corrected chi connectivity index (χ2v) is 5.89. The van der Waals surface area contributed by atoms with Crippen molar-refractivity contribution >= 4 is 0 Å². The van der Waals surface area contributed by atoms with Crippen molar-refractivity contribution in [1.82, 2.24) is 35.0 Å². The molecule has 0 spiro atoms. The predicted molar refractivity (Wildman–Crippen MR) is 79.4 cm³/mol. The van der Waals surface area contributed by atoms with Gasteiger partial charge in [0.15, 0.2) is 0 Å². The lowest BCUT2D eigenvalue weighted by Gasteiger charge is -2.14. The molecule has 0 saturated heterocycles. The average Bonchev–Trinajstić information content (AvgIpc) is 3.03. The Balaban J connectivity index is 1.41. The normalized spacial score (nSPS) is 15.0. The first-order chi connectivity index (χ1) is 10.2. The topological polar surface area (TPSA) is 63.8 Å². The van der Waals surface area contributed by atoms with Gasteiger partial charge in [0.05, 0.1) is 18.4 Å². The third kappa shape index (κ3) is 4.37. The lowest BCUT2D eigenvalue weighted by atomic mass is 10.3. The summed E-state index contributed by atoms with van der Waals surface area (Å²) in [4.78, 5) is 2.26. The molecule has 1 fully saturated rings. The van der Waals surface area contributed by atoms with Crippen LogP contribution in [0, 0.1) is 0 Å². The van der Waals surface area contributed by atoms with Crippen molar-refractivity contribution in [3.05, 3.63) is 29.8 Å². The van der Waals surface area contributed by atoms with Gasteiger partial charge in [-0.3, -0.25) is 9.36 Å². The van der Waals surface area contributed by atoms with E-state index < -0.39 is 0 Å². The maximum Gasteiger partial charge on any atom is 0.0964 e. The molecule has 0 aromatic carbocycles. The summed E-state index contributed by atoms with van der Waals surface area (Å²) in [5.74, 6) is 0. The van der Waals surface area contributed by atoms with E-state index in [2.05, 4.69) is 32.7 Å². The minimum atomic E-state index is 0.709. The molecule has 7 nitrogen and oxygen atoms in total. The Bertz CT molecular complexity index is 569. The van der Waals surface area contributed by atoms with Gasteiger partial charge in [0.1, 0.15) is 0 Å². The third-order valence-electron chi connectivity index (χ3n) is 3.66. The van der Waals surface area contributed by atoms with Crippen LogP contribution < -0.4 is 5.32 Å². The minimum Gasteiger partial charge on any atom is -0.308 e. The van der Waals surface area contributed by atoms with Crippen molar-refractivity contribution < 1.29 is 0 Å². The lowest BCUT2D eigenvalue weighted by molar-refractivity contribution is 0.303. The van der Waals surface area contributed by atoms with Crippen molar-refractivity contribution in [3.8, 4) is 0 Å². The number of aryl methyl sites for hydroxylation is 1. The molecule has 1 N–H and O–H groups in total. The largest absolute Gasteiger partial charge is 0.308 e. The van der Waals surface area contributed by atoms with Gasteiger partial charge < -0.3 is 10.2 Å². The van der Waals surface area contributed by atoms with Crippen molar-refractivity contribution in [3.63, 3.8) is 0 Å². The molecule has 0 amide bonds. The molecule has 7 heteroatoms. The Hall–Kier alpha value is -1.73. The summed E-state index contributed by atoms with van der Waals surface area (Å²) < 4.78 is 3.75. The van der Waals surface area contributed by atoms with E-state index in [-0.39, 0.29) is 0 Å². The van der Waals surface area contributed by atoms with Crippen LogP contribution in [0.25, 0.3) is 0 Å². The molecular weight excluding hydrogens is 266 g/mol. The van der Waals surface area contributed by atoms with Crippen molar-refractivity contribution in [2.75, 3.05) is 13.6 Å². The predicted octanol–water partition coefficient (Wildman–Crippen LogP) is 0.396. The SMILES string of the molecule is CN(CCn1cc(CNC2CC2)nn1)Cc1cnn(C)c1. The highest BCUT2D eigenvalue weighted by Crippen LogP contribution is 2.18. The summed E-state index contributed by atoms with van der Waals surface area (Å²) in [6.45, 7) is 3.52. The van der Waals surface area contributed by atoms with E-state index in [0.717, 1.165) is 31.9 Å². The number of aromatic nitrogens is 5. The fourth-order valence-electron chi connectivity index (χ4n) is 2.28. The zero-order valence-electron chi connectivity index (χ0n) is 12.7. The van der Waals surface area contributed by atoms with Gasteiger partial charge in [-0.2, -0.15) is 5.10 Å². The minimum absolute atomic E-state index is 0.709. The molecule has 0 radical (unpaired) electrons. The van der Waals surface area contributed by atoms with E-state index in [1.165, 1.54) is 18.4 Å². The Kier molecular flexibility index (Phi) is 4.31. The van der Waals surface area contributed by atoms with Gasteiger partial charge in [0.25, 0.3) is 0 Å². The molecule has 0 bridgehead atoms. The molecule has 0 atom stereocenters.